The lowest BCUT2D eigenvalue weighted by Crippen LogP contribution is -2.43. The third-order valence-corrected chi connectivity index (χ3v) is 3.99. The second-order valence-corrected chi connectivity index (χ2v) is 5.99. The van der Waals surface area contributed by atoms with Gasteiger partial charge in [-0.25, -0.2) is 0 Å². The highest BCUT2D eigenvalue weighted by Gasteiger charge is 2.17. The summed E-state index contributed by atoms with van der Waals surface area (Å²) in [5, 5.41) is 3.38. The van der Waals surface area contributed by atoms with Crippen molar-refractivity contribution in [2.75, 3.05) is 38.6 Å². The number of rotatable bonds is 4. The highest BCUT2D eigenvalue weighted by Crippen LogP contribution is 2.21. The standard InChI is InChI=1S/C13H18BrN3OS/c1-17-4-5-18-10(8-17)7-16-9-2-3-11(13(15)19)12(14)6-9/h2-3,6,10,16H,4-5,7-8H2,1H3,(H2,15,19). The van der Waals surface area contributed by atoms with Crippen LogP contribution in [0.1, 0.15) is 5.56 Å². The molecule has 3 N–H and O–H groups in total. The van der Waals surface area contributed by atoms with Crippen LogP contribution in [0, 0.1) is 0 Å². The molecule has 1 aromatic carbocycles. The van der Waals surface area contributed by atoms with Crippen LogP contribution in [-0.2, 0) is 4.74 Å². The molecule has 0 radical (unpaired) electrons. The molecule has 4 nitrogen and oxygen atoms in total. The van der Waals surface area contributed by atoms with Crippen LogP contribution in [0.25, 0.3) is 0 Å². The molecule has 0 bridgehead atoms. The summed E-state index contributed by atoms with van der Waals surface area (Å²) in [5.41, 5.74) is 7.51. The predicted octanol–water partition coefficient (Wildman–Crippen LogP) is 1.83. The number of halogens is 1. The lowest BCUT2D eigenvalue weighted by Gasteiger charge is -2.30. The van der Waals surface area contributed by atoms with Crippen LogP contribution in [0.5, 0.6) is 0 Å². The Morgan fingerprint density at radius 2 is 2.42 bits per heavy atom. The first-order chi connectivity index (χ1) is 9.06. The Kier molecular flexibility index (Phi) is 5.15. The number of hydrogen-bond donors (Lipinski definition) is 2. The van der Waals surface area contributed by atoms with E-state index in [4.69, 9.17) is 22.7 Å². The molecule has 1 heterocycles. The van der Waals surface area contributed by atoms with Gasteiger partial charge in [-0.3, -0.25) is 0 Å². The molecule has 1 aliphatic rings. The second kappa shape index (κ2) is 6.65. The van der Waals surface area contributed by atoms with E-state index in [1.165, 1.54) is 0 Å². The maximum Gasteiger partial charge on any atom is 0.105 e. The number of hydrogen-bond acceptors (Lipinski definition) is 4. The van der Waals surface area contributed by atoms with Crippen LogP contribution < -0.4 is 11.1 Å². The van der Waals surface area contributed by atoms with Gasteiger partial charge >= 0.3 is 0 Å². The summed E-state index contributed by atoms with van der Waals surface area (Å²) in [4.78, 5) is 2.68. The highest BCUT2D eigenvalue weighted by atomic mass is 79.9. The number of thiocarbonyl (C=S) groups is 1. The van der Waals surface area contributed by atoms with Crippen LogP contribution in [0.3, 0.4) is 0 Å². The molecule has 2 rings (SSSR count). The fourth-order valence-electron chi connectivity index (χ4n) is 2.05. The molecule has 19 heavy (non-hydrogen) atoms. The summed E-state index contributed by atoms with van der Waals surface area (Å²) >= 11 is 8.45. The van der Waals surface area contributed by atoms with Crippen molar-refractivity contribution in [1.29, 1.82) is 0 Å². The maximum absolute atomic E-state index is 5.71. The highest BCUT2D eigenvalue weighted by molar-refractivity contribution is 9.10. The Balaban J connectivity index is 1.92. The number of nitrogens with zero attached hydrogens (tertiary/aromatic N) is 1. The third kappa shape index (κ3) is 4.14. The molecular formula is C13H18BrN3OS. The van der Waals surface area contributed by atoms with Crippen molar-refractivity contribution < 1.29 is 4.74 Å². The fourth-order valence-corrected chi connectivity index (χ4v) is 2.95. The van der Waals surface area contributed by atoms with E-state index in [1.54, 1.807) is 0 Å². The SMILES string of the molecule is CN1CCOC(CNc2ccc(C(N)=S)c(Br)c2)C1. The summed E-state index contributed by atoms with van der Waals surface area (Å²) in [6.07, 6.45) is 0.229. The van der Waals surface area contributed by atoms with Crippen LogP contribution in [-0.4, -0.2) is 49.3 Å². The Morgan fingerprint density at radius 3 is 3.05 bits per heavy atom. The van der Waals surface area contributed by atoms with Gasteiger partial charge in [-0.2, -0.15) is 0 Å². The van der Waals surface area contributed by atoms with Gasteiger partial charge in [-0.15, -0.1) is 0 Å². The van der Waals surface area contributed by atoms with Crippen molar-refractivity contribution >= 4 is 38.8 Å². The topological polar surface area (TPSA) is 50.5 Å². The molecule has 1 aliphatic heterocycles. The summed E-state index contributed by atoms with van der Waals surface area (Å²) < 4.78 is 6.61. The van der Waals surface area contributed by atoms with Crippen molar-refractivity contribution in [3.63, 3.8) is 0 Å². The molecule has 0 amide bonds. The molecule has 6 heteroatoms. The number of nitrogens with two attached hydrogens (primary N) is 1. The first kappa shape index (κ1) is 14.7. The zero-order valence-electron chi connectivity index (χ0n) is 10.9. The van der Waals surface area contributed by atoms with Gasteiger partial charge in [0.15, 0.2) is 0 Å². The van der Waals surface area contributed by atoms with Gasteiger partial charge in [0.2, 0.25) is 0 Å². The molecule has 1 unspecified atom stereocenters. The smallest absolute Gasteiger partial charge is 0.105 e. The Labute approximate surface area is 127 Å². The van der Waals surface area contributed by atoms with E-state index in [0.717, 1.165) is 42.0 Å². The summed E-state index contributed by atoms with van der Waals surface area (Å²) in [7, 11) is 2.11. The first-order valence-electron chi connectivity index (χ1n) is 6.19. The Bertz CT molecular complexity index is 469. The van der Waals surface area contributed by atoms with Gasteiger partial charge in [0.25, 0.3) is 0 Å². The van der Waals surface area contributed by atoms with Crippen molar-refractivity contribution in [2.45, 2.75) is 6.10 Å². The van der Waals surface area contributed by atoms with E-state index >= 15 is 0 Å². The average Bonchev–Trinajstić information content (AvgIpc) is 2.36. The largest absolute Gasteiger partial charge is 0.389 e. The number of morpholine rings is 1. The van der Waals surface area contributed by atoms with E-state index < -0.39 is 0 Å². The van der Waals surface area contributed by atoms with Gasteiger partial charge in [0.05, 0.1) is 12.7 Å². The molecule has 1 aromatic rings. The number of benzene rings is 1. The van der Waals surface area contributed by atoms with E-state index in [2.05, 4.69) is 33.2 Å². The fraction of sp³-hybridized carbons (Fsp3) is 0.462. The molecule has 1 saturated heterocycles. The molecule has 0 spiro atoms. The zero-order valence-corrected chi connectivity index (χ0v) is 13.3. The summed E-state index contributed by atoms with van der Waals surface area (Å²) in [6, 6.07) is 5.88. The van der Waals surface area contributed by atoms with Crippen molar-refractivity contribution in [1.82, 2.24) is 4.90 Å². The van der Waals surface area contributed by atoms with Crippen molar-refractivity contribution in [3.8, 4) is 0 Å². The molecule has 1 atom stereocenters. The number of likely N-dealkylation sites (N-methyl/N-ethyl adjacent to an activating group) is 1. The molecule has 1 fully saturated rings. The normalized spacial score (nSPS) is 20.2. The summed E-state index contributed by atoms with van der Waals surface area (Å²) in [6.45, 7) is 3.56. The first-order valence-corrected chi connectivity index (χ1v) is 7.40. The Morgan fingerprint density at radius 1 is 1.63 bits per heavy atom. The number of ether oxygens (including phenoxy) is 1. The van der Waals surface area contributed by atoms with E-state index in [1.807, 2.05) is 18.2 Å². The number of nitrogens with one attached hydrogen (secondary N) is 1. The van der Waals surface area contributed by atoms with Crippen LogP contribution in [0.4, 0.5) is 5.69 Å². The maximum atomic E-state index is 5.71. The third-order valence-electron chi connectivity index (χ3n) is 3.11. The lowest BCUT2D eigenvalue weighted by atomic mass is 10.2. The van der Waals surface area contributed by atoms with Crippen LogP contribution in [0.2, 0.25) is 0 Å². The van der Waals surface area contributed by atoms with Gasteiger partial charge in [-0.05, 0) is 41.2 Å². The second-order valence-electron chi connectivity index (χ2n) is 4.69. The van der Waals surface area contributed by atoms with Crippen molar-refractivity contribution in [3.05, 3.63) is 28.2 Å². The molecular weight excluding hydrogens is 326 g/mol. The monoisotopic (exact) mass is 343 g/mol. The molecule has 0 aliphatic carbocycles. The van der Waals surface area contributed by atoms with Gasteiger partial charge < -0.3 is 20.7 Å². The molecule has 0 aromatic heterocycles. The molecule has 0 saturated carbocycles. The van der Waals surface area contributed by atoms with E-state index in [9.17, 15) is 0 Å². The summed E-state index contributed by atoms with van der Waals surface area (Å²) in [5.74, 6) is 0. The van der Waals surface area contributed by atoms with E-state index in [-0.39, 0.29) is 6.10 Å². The van der Waals surface area contributed by atoms with Gasteiger partial charge in [-0.1, -0.05) is 12.2 Å². The Hall–Kier alpha value is -0.690. The minimum absolute atomic E-state index is 0.229. The van der Waals surface area contributed by atoms with E-state index in [0.29, 0.717) is 4.99 Å². The lowest BCUT2D eigenvalue weighted by molar-refractivity contribution is -0.0117. The van der Waals surface area contributed by atoms with Gasteiger partial charge in [0.1, 0.15) is 4.99 Å². The zero-order chi connectivity index (χ0) is 13.8. The quantitative estimate of drug-likeness (QED) is 0.817. The minimum atomic E-state index is 0.229. The van der Waals surface area contributed by atoms with Crippen molar-refractivity contribution in [2.24, 2.45) is 5.73 Å². The van der Waals surface area contributed by atoms with Crippen LogP contribution in [0.15, 0.2) is 22.7 Å². The molecule has 104 valence electrons. The average molecular weight is 344 g/mol. The number of anilines is 1. The van der Waals surface area contributed by atoms with Gasteiger partial charge in [0, 0.05) is 35.4 Å². The predicted molar refractivity (Wildman–Crippen MR) is 85.8 cm³/mol. The van der Waals surface area contributed by atoms with Crippen LogP contribution >= 0.6 is 28.1 Å². The minimum Gasteiger partial charge on any atom is -0.389 e.